The molecule has 4 aromatic rings. The van der Waals surface area contributed by atoms with Crippen molar-refractivity contribution in [2.75, 3.05) is 0 Å². The van der Waals surface area contributed by atoms with Gasteiger partial charge in [-0.2, -0.15) is 0 Å². The van der Waals surface area contributed by atoms with Crippen LogP contribution in [0.2, 0.25) is 0 Å². The minimum Gasteiger partial charge on any atom is -0.457 e. The standard InChI is InChI=1S/C26H24B2O3/c1-19-3-7-21(8-4-19)27(29)23-11-15-25(16-12-23)31-26-17-13-24(14-18-26)28(30)22-9-5-20(2)6-10-22/h3-18,29-30H,1-2H3. The maximum atomic E-state index is 10.6. The third-order valence-electron chi connectivity index (χ3n) is 5.41. The van der Waals surface area contributed by atoms with Crippen LogP contribution in [0, 0.1) is 13.8 Å². The Kier molecular flexibility index (Phi) is 6.26. The minimum absolute atomic E-state index is 0.669. The fourth-order valence-electron chi connectivity index (χ4n) is 3.45. The largest absolute Gasteiger partial charge is 0.457 e. The molecule has 0 aliphatic carbocycles. The summed E-state index contributed by atoms with van der Waals surface area (Å²) in [5, 5.41) is 21.2. The first-order valence-corrected chi connectivity index (χ1v) is 10.4. The molecule has 0 aliphatic heterocycles. The van der Waals surface area contributed by atoms with Gasteiger partial charge in [0.1, 0.15) is 11.5 Å². The molecule has 2 N–H and O–H groups in total. The first-order chi connectivity index (χ1) is 15.0. The molecular weight excluding hydrogens is 382 g/mol. The maximum absolute atomic E-state index is 10.6. The number of hydrogen-bond donors (Lipinski definition) is 2. The fraction of sp³-hybridized carbons (Fsp3) is 0.0769. The van der Waals surface area contributed by atoms with Gasteiger partial charge in [0.25, 0.3) is 0 Å². The predicted molar refractivity (Wildman–Crippen MR) is 130 cm³/mol. The summed E-state index contributed by atoms with van der Waals surface area (Å²) < 4.78 is 5.93. The van der Waals surface area contributed by atoms with E-state index < -0.39 is 13.8 Å². The third-order valence-corrected chi connectivity index (χ3v) is 5.41. The molecule has 0 atom stereocenters. The third kappa shape index (κ3) is 5.08. The fourth-order valence-corrected chi connectivity index (χ4v) is 3.45. The second kappa shape index (κ2) is 9.25. The van der Waals surface area contributed by atoms with Gasteiger partial charge in [0.05, 0.1) is 0 Å². The SMILES string of the molecule is Cc1ccc(B(O)c2ccc(Oc3ccc(B(O)c4ccc(C)cc4)cc3)cc2)cc1. The average Bonchev–Trinajstić information content (AvgIpc) is 2.80. The summed E-state index contributed by atoms with van der Waals surface area (Å²) in [5.74, 6) is 1.37. The molecule has 0 fully saturated rings. The number of aryl methyl sites for hydroxylation is 2. The van der Waals surface area contributed by atoms with E-state index in [0.29, 0.717) is 11.5 Å². The Bertz CT molecular complexity index is 1030. The molecule has 0 aromatic heterocycles. The van der Waals surface area contributed by atoms with Gasteiger partial charge in [0.15, 0.2) is 0 Å². The second-order valence-electron chi connectivity index (χ2n) is 7.87. The molecule has 4 rings (SSSR count). The van der Waals surface area contributed by atoms with E-state index in [1.807, 2.05) is 111 Å². The number of hydrogen-bond acceptors (Lipinski definition) is 3. The van der Waals surface area contributed by atoms with Gasteiger partial charge in [-0.05, 0) is 60.0 Å². The van der Waals surface area contributed by atoms with E-state index in [1.54, 1.807) is 0 Å². The molecule has 31 heavy (non-hydrogen) atoms. The van der Waals surface area contributed by atoms with Crippen molar-refractivity contribution < 1.29 is 14.8 Å². The van der Waals surface area contributed by atoms with Crippen LogP contribution in [0.1, 0.15) is 11.1 Å². The molecule has 0 saturated heterocycles. The van der Waals surface area contributed by atoms with Crippen molar-refractivity contribution in [1.82, 2.24) is 0 Å². The van der Waals surface area contributed by atoms with Gasteiger partial charge < -0.3 is 14.8 Å². The molecule has 0 spiro atoms. The first kappa shape index (κ1) is 21.0. The van der Waals surface area contributed by atoms with Gasteiger partial charge in [0.2, 0.25) is 0 Å². The highest BCUT2D eigenvalue weighted by atomic mass is 16.5. The van der Waals surface area contributed by atoms with Crippen molar-refractivity contribution in [3.8, 4) is 11.5 Å². The summed E-state index contributed by atoms with van der Waals surface area (Å²) >= 11 is 0. The lowest BCUT2D eigenvalue weighted by Gasteiger charge is -2.11. The van der Waals surface area contributed by atoms with Crippen molar-refractivity contribution in [2.45, 2.75) is 13.8 Å². The summed E-state index contributed by atoms with van der Waals surface area (Å²) in [5.41, 5.74) is 5.68. The van der Waals surface area contributed by atoms with Crippen molar-refractivity contribution in [3.63, 3.8) is 0 Å². The summed E-state index contributed by atoms with van der Waals surface area (Å²) in [6.45, 7) is 2.71. The van der Waals surface area contributed by atoms with Crippen LogP contribution in [-0.4, -0.2) is 23.9 Å². The minimum atomic E-state index is -0.669. The molecule has 5 heteroatoms. The van der Waals surface area contributed by atoms with Crippen molar-refractivity contribution in [2.24, 2.45) is 0 Å². The highest BCUT2D eigenvalue weighted by Gasteiger charge is 2.18. The molecule has 3 nitrogen and oxygen atoms in total. The highest BCUT2D eigenvalue weighted by molar-refractivity contribution is 6.79. The molecular formula is C26H24B2O3. The molecule has 0 unspecified atom stereocenters. The molecule has 0 saturated carbocycles. The lowest BCUT2D eigenvalue weighted by Crippen LogP contribution is -2.42. The quantitative estimate of drug-likeness (QED) is 0.484. The van der Waals surface area contributed by atoms with Crippen molar-refractivity contribution in [1.29, 1.82) is 0 Å². The highest BCUT2D eigenvalue weighted by Crippen LogP contribution is 2.19. The summed E-state index contributed by atoms with van der Waals surface area (Å²) in [7, 11) is 0. The smallest absolute Gasteiger partial charge is 0.358 e. The Morgan fingerprint density at radius 2 is 0.710 bits per heavy atom. The van der Waals surface area contributed by atoms with Crippen LogP contribution in [0.5, 0.6) is 11.5 Å². The zero-order valence-corrected chi connectivity index (χ0v) is 17.7. The lowest BCUT2D eigenvalue weighted by molar-refractivity contribution is 0.483. The predicted octanol–water partition coefficient (Wildman–Crippen LogP) is 2.29. The van der Waals surface area contributed by atoms with Crippen LogP contribution in [0.15, 0.2) is 97.1 Å². The molecule has 0 bridgehead atoms. The van der Waals surface area contributed by atoms with Gasteiger partial charge in [-0.1, -0.05) is 83.9 Å². The molecule has 0 amide bonds. The van der Waals surface area contributed by atoms with Gasteiger partial charge in [-0.25, -0.2) is 0 Å². The van der Waals surface area contributed by atoms with Crippen LogP contribution < -0.4 is 26.6 Å². The Morgan fingerprint density at radius 3 is 1.00 bits per heavy atom. The van der Waals surface area contributed by atoms with Gasteiger partial charge in [0, 0.05) is 0 Å². The molecule has 4 aromatic carbocycles. The summed E-state index contributed by atoms with van der Waals surface area (Å²) in [6, 6.07) is 30.6. The van der Waals surface area contributed by atoms with Crippen LogP contribution in [0.4, 0.5) is 0 Å². The Morgan fingerprint density at radius 1 is 0.452 bits per heavy atom. The van der Waals surface area contributed by atoms with E-state index in [2.05, 4.69) is 0 Å². The molecule has 0 heterocycles. The van der Waals surface area contributed by atoms with Crippen LogP contribution in [-0.2, 0) is 0 Å². The van der Waals surface area contributed by atoms with E-state index >= 15 is 0 Å². The lowest BCUT2D eigenvalue weighted by atomic mass is 9.56. The van der Waals surface area contributed by atoms with E-state index in [9.17, 15) is 10.0 Å². The zero-order valence-electron chi connectivity index (χ0n) is 17.7. The van der Waals surface area contributed by atoms with Gasteiger partial charge in [-0.15, -0.1) is 0 Å². The number of benzene rings is 4. The number of ether oxygens (including phenoxy) is 1. The monoisotopic (exact) mass is 406 g/mol. The van der Waals surface area contributed by atoms with E-state index in [4.69, 9.17) is 4.74 Å². The van der Waals surface area contributed by atoms with Crippen LogP contribution >= 0.6 is 0 Å². The number of rotatable bonds is 6. The van der Waals surface area contributed by atoms with E-state index in [1.165, 1.54) is 0 Å². The van der Waals surface area contributed by atoms with Gasteiger partial charge >= 0.3 is 13.8 Å². The van der Waals surface area contributed by atoms with Crippen molar-refractivity contribution in [3.05, 3.63) is 108 Å². The summed E-state index contributed by atoms with van der Waals surface area (Å²) in [4.78, 5) is 0. The topological polar surface area (TPSA) is 49.7 Å². The maximum Gasteiger partial charge on any atom is 0.358 e. The van der Waals surface area contributed by atoms with E-state index in [-0.39, 0.29) is 0 Å². The molecule has 152 valence electrons. The first-order valence-electron chi connectivity index (χ1n) is 10.4. The Hall–Kier alpha value is -3.27. The van der Waals surface area contributed by atoms with Crippen LogP contribution in [0.3, 0.4) is 0 Å². The average molecular weight is 406 g/mol. The van der Waals surface area contributed by atoms with Crippen LogP contribution in [0.25, 0.3) is 0 Å². The summed E-state index contributed by atoms with van der Waals surface area (Å²) in [6.07, 6.45) is 0. The molecule has 0 radical (unpaired) electrons. The Labute approximate surface area is 184 Å². The van der Waals surface area contributed by atoms with Gasteiger partial charge in [-0.3, -0.25) is 0 Å². The second-order valence-corrected chi connectivity index (χ2v) is 7.87. The molecule has 0 aliphatic rings. The Balaban J connectivity index is 1.42. The van der Waals surface area contributed by atoms with E-state index in [0.717, 1.165) is 33.0 Å². The zero-order chi connectivity index (χ0) is 21.8. The normalized spacial score (nSPS) is 10.6. The van der Waals surface area contributed by atoms with Crippen molar-refractivity contribution >= 4 is 35.7 Å².